The van der Waals surface area contributed by atoms with Crippen molar-refractivity contribution in [2.75, 3.05) is 0 Å². The zero-order valence-corrected chi connectivity index (χ0v) is 10.5. The molecule has 0 atom stereocenters. The number of para-hydroxylation sites is 1. The van der Waals surface area contributed by atoms with Gasteiger partial charge in [-0.1, -0.05) is 12.1 Å². The summed E-state index contributed by atoms with van der Waals surface area (Å²) in [7, 11) is 0. The van der Waals surface area contributed by atoms with Crippen molar-refractivity contribution in [2.24, 2.45) is 0 Å². The van der Waals surface area contributed by atoms with E-state index in [2.05, 4.69) is 0 Å². The van der Waals surface area contributed by atoms with Gasteiger partial charge in [-0.2, -0.15) is 5.26 Å². The first-order valence-electron chi connectivity index (χ1n) is 5.68. The van der Waals surface area contributed by atoms with Crippen LogP contribution in [-0.4, -0.2) is 10.0 Å². The molecule has 0 radical (unpaired) electrons. The number of benzene rings is 2. The third-order valence-corrected chi connectivity index (χ3v) is 2.78. The summed E-state index contributed by atoms with van der Waals surface area (Å²) in [6.07, 6.45) is 0. The minimum absolute atomic E-state index is 0.0293. The van der Waals surface area contributed by atoms with Crippen LogP contribution in [0.1, 0.15) is 11.1 Å². The molecule has 0 heterocycles. The lowest BCUT2D eigenvalue weighted by molar-refractivity contribution is -0.385. The highest BCUT2D eigenvalue weighted by molar-refractivity contribution is 5.59. The molecule has 0 spiro atoms. The number of phenols is 1. The van der Waals surface area contributed by atoms with Gasteiger partial charge in [0.25, 0.3) is 0 Å². The summed E-state index contributed by atoms with van der Waals surface area (Å²) in [6, 6.07) is 10.6. The Morgan fingerprint density at radius 2 is 1.90 bits per heavy atom. The number of ether oxygens (including phenoxy) is 1. The highest BCUT2D eigenvalue weighted by atomic mass is 16.6. The van der Waals surface area contributed by atoms with Gasteiger partial charge in [-0.05, 0) is 31.2 Å². The lowest BCUT2D eigenvalue weighted by atomic mass is 10.1. The Balaban J connectivity index is 2.52. The number of hydrogen-bond acceptors (Lipinski definition) is 5. The Labute approximate surface area is 114 Å². The molecule has 0 saturated heterocycles. The number of phenolic OH excluding ortho intramolecular Hbond substituents is 1. The second kappa shape index (κ2) is 5.28. The molecular weight excluding hydrogens is 260 g/mol. The molecule has 2 aromatic carbocycles. The van der Waals surface area contributed by atoms with Crippen molar-refractivity contribution in [1.29, 1.82) is 5.26 Å². The molecule has 20 heavy (non-hydrogen) atoms. The fourth-order valence-electron chi connectivity index (χ4n) is 1.72. The second-order valence-corrected chi connectivity index (χ2v) is 4.02. The molecule has 0 aliphatic carbocycles. The number of nitriles is 1. The van der Waals surface area contributed by atoms with E-state index in [4.69, 9.17) is 10.00 Å². The number of hydrogen-bond donors (Lipinski definition) is 1. The summed E-state index contributed by atoms with van der Waals surface area (Å²) in [4.78, 5) is 10.4. The quantitative estimate of drug-likeness (QED) is 0.681. The molecule has 0 saturated carbocycles. The van der Waals surface area contributed by atoms with Gasteiger partial charge in [-0.3, -0.25) is 10.1 Å². The molecule has 6 nitrogen and oxygen atoms in total. The molecule has 0 aliphatic rings. The van der Waals surface area contributed by atoms with E-state index in [1.54, 1.807) is 25.1 Å². The maximum atomic E-state index is 11.1. The Bertz CT molecular complexity index is 720. The summed E-state index contributed by atoms with van der Waals surface area (Å²) in [6.45, 7) is 1.63. The number of rotatable bonds is 3. The molecule has 2 rings (SSSR count). The number of nitro groups is 1. The van der Waals surface area contributed by atoms with Gasteiger partial charge in [0.05, 0.1) is 4.92 Å². The van der Waals surface area contributed by atoms with Crippen molar-refractivity contribution in [3.63, 3.8) is 0 Å². The van der Waals surface area contributed by atoms with Crippen molar-refractivity contribution in [2.45, 2.75) is 6.92 Å². The van der Waals surface area contributed by atoms with Crippen molar-refractivity contribution >= 4 is 5.69 Å². The van der Waals surface area contributed by atoms with Crippen LogP contribution in [0.3, 0.4) is 0 Å². The number of nitrogens with zero attached hydrogens (tertiary/aromatic N) is 2. The normalized spacial score (nSPS) is 9.80. The summed E-state index contributed by atoms with van der Waals surface area (Å²) < 4.78 is 5.47. The summed E-state index contributed by atoms with van der Waals surface area (Å²) in [5.41, 5.74) is -0.00722. The first kappa shape index (κ1) is 13.4. The van der Waals surface area contributed by atoms with Gasteiger partial charge in [-0.25, -0.2) is 0 Å². The zero-order chi connectivity index (χ0) is 14.7. The maximum absolute atomic E-state index is 11.1. The zero-order valence-electron chi connectivity index (χ0n) is 10.5. The predicted octanol–water partition coefficient (Wildman–Crippen LogP) is 3.27. The first-order valence-corrected chi connectivity index (χ1v) is 5.68. The molecule has 0 bridgehead atoms. The van der Waals surface area contributed by atoms with Crippen LogP contribution in [0.5, 0.6) is 17.2 Å². The Morgan fingerprint density at radius 3 is 2.55 bits per heavy atom. The number of aromatic hydroxyl groups is 1. The van der Waals surface area contributed by atoms with Gasteiger partial charge in [0.1, 0.15) is 23.1 Å². The van der Waals surface area contributed by atoms with E-state index >= 15 is 0 Å². The largest absolute Gasteiger partial charge is 0.508 e. The molecule has 0 fully saturated rings. The fraction of sp³-hybridized carbons (Fsp3) is 0.0714. The van der Waals surface area contributed by atoms with Gasteiger partial charge in [-0.15, -0.1) is 0 Å². The molecule has 0 amide bonds. The average Bonchev–Trinajstić information content (AvgIpc) is 2.43. The molecule has 6 heteroatoms. The van der Waals surface area contributed by atoms with Crippen LogP contribution in [0.15, 0.2) is 36.4 Å². The van der Waals surface area contributed by atoms with Gasteiger partial charge >= 0.3 is 5.69 Å². The van der Waals surface area contributed by atoms with Crippen LogP contribution < -0.4 is 4.74 Å². The lowest BCUT2D eigenvalue weighted by Crippen LogP contribution is -1.97. The van der Waals surface area contributed by atoms with E-state index in [9.17, 15) is 15.2 Å². The van der Waals surface area contributed by atoms with Crippen LogP contribution >= 0.6 is 0 Å². The highest BCUT2D eigenvalue weighted by Gasteiger charge is 2.22. The molecule has 0 unspecified atom stereocenters. The minimum Gasteiger partial charge on any atom is -0.508 e. The maximum Gasteiger partial charge on any atom is 0.329 e. The Hall–Kier alpha value is -3.07. The van der Waals surface area contributed by atoms with Crippen LogP contribution in [0.25, 0.3) is 0 Å². The third kappa shape index (κ3) is 2.37. The third-order valence-electron chi connectivity index (χ3n) is 2.78. The van der Waals surface area contributed by atoms with Crippen molar-refractivity contribution < 1.29 is 14.8 Å². The molecular formula is C14H10N2O4. The first-order chi connectivity index (χ1) is 9.54. The average molecular weight is 270 g/mol. The van der Waals surface area contributed by atoms with Crippen molar-refractivity contribution in [3.8, 4) is 23.3 Å². The lowest BCUT2D eigenvalue weighted by Gasteiger charge is -2.10. The van der Waals surface area contributed by atoms with Gasteiger partial charge < -0.3 is 9.84 Å². The monoisotopic (exact) mass is 270 g/mol. The van der Waals surface area contributed by atoms with E-state index in [0.29, 0.717) is 11.3 Å². The van der Waals surface area contributed by atoms with Crippen molar-refractivity contribution in [1.82, 2.24) is 0 Å². The SMILES string of the molecule is Cc1c(O)cccc1Oc1cccc(C#N)c1[N+](=O)[O-]. The van der Waals surface area contributed by atoms with Crippen LogP contribution in [0.4, 0.5) is 5.69 Å². The Morgan fingerprint density at radius 1 is 1.25 bits per heavy atom. The van der Waals surface area contributed by atoms with E-state index in [0.717, 1.165) is 0 Å². The standard InChI is InChI=1S/C14H10N2O4/c1-9-11(17)5-3-6-12(9)20-13-7-2-4-10(8-15)14(13)16(18)19/h2-7,17H,1H3. The topological polar surface area (TPSA) is 96.4 Å². The number of nitro benzene ring substituents is 1. The summed E-state index contributed by atoms with van der Waals surface area (Å²) in [5, 5.41) is 29.6. The summed E-state index contributed by atoms with van der Waals surface area (Å²) >= 11 is 0. The smallest absolute Gasteiger partial charge is 0.329 e. The van der Waals surface area contributed by atoms with Gasteiger partial charge in [0.15, 0.2) is 0 Å². The van der Waals surface area contributed by atoms with Crippen LogP contribution in [0, 0.1) is 28.4 Å². The van der Waals surface area contributed by atoms with E-state index < -0.39 is 10.6 Å². The molecule has 0 aromatic heterocycles. The Kier molecular flexibility index (Phi) is 3.53. The highest BCUT2D eigenvalue weighted by Crippen LogP contribution is 2.36. The van der Waals surface area contributed by atoms with Gasteiger partial charge in [0, 0.05) is 5.56 Å². The molecule has 1 N–H and O–H groups in total. The molecule has 2 aromatic rings. The van der Waals surface area contributed by atoms with E-state index in [1.807, 2.05) is 0 Å². The summed E-state index contributed by atoms with van der Waals surface area (Å²) in [5.74, 6) is 0.285. The van der Waals surface area contributed by atoms with E-state index in [1.165, 1.54) is 24.3 Å². The minimum atomic E-state index is -0.661. The predicted molar refractivity (Wildman–Crippen MR) is 70.7 cm³/mol. The van der Waals surface area contributed by atoms with Gasteiger partial charge in [0.2, 0.25) is 5.75 Å². The van der Waals surface area contributed by atoms with Crippen LogP contribution in [0.2, 0.25) is 0 Å². The second-order valence-electron chi connectivity index (χ2n) is 4.02. The molecule has 100 valence electrons. The molecule has 0 aliphatic heterocycles. The van der Waals surface area contributed by atoms with E-state index in [-0.39, 0.29) is 17.1 Å². The van der Waals surface area contributed by atoms with Crippen molar-refractivity contribution in [3.05, 3.63) is 57.6 Å². The van der Waals surface area contributed by atoms with Crippen LogP contribution in [-0.2, 0) is 0 Å². The fourth-order valence-corrected chi connectivity index (χ4v) is 1.72.